The van der Waals surface area contributed by atoms with E-state index in [9.17, 15) is 18.8 Å². The Kier molecular flexibility index (Phi) is 7.29. The van der Waals surface area contributed by atoms with Crippen LogP contribution < -0.4 is 14.8 Å². The van der Waals surface area contributed by atoms with Crippen molar-refractivity contribution < 1.29 is 28.2 Å². The Morgan fingerprint density at radius 3 is 2.22 bits per heavy atom. The topological polar surface area (TPSA) is 88.2 Å². The largest absolute Gasteiger partial charge is 0.497 e. The third-order valence-electron chi connectivity index (χ3n) is 5.31. The van der Waals surface area contributed by atoms with Gasteiger partial charge in [-0.3, -0.25) is 14.4 Å². The second-order valence-electron chi connectivity index (χ2n) is 7.37. The van der Waals surface area contributed by atoms with E-state index in [4.69, 9.17) is 9.47 Å². The van der Waals surface area contributed by atoms with E-state index < -0.39 is 23.8 Å². The molecule has 0 saturated carbocycles. The maximum atomic E-state index is 13.1. The van der Waals surface area contributed by atoms with Gasteiger partial charge < -0.3 is 24.6 Å². The lowest BCUT2D eigenvalue weighted by Gasteiger charge is -2.37. The van der Waals surface area contributed by atoms with Crippen molar-refractivity contribution in [3.05, 3.63) is 53.8 Å². The van der Waals surface area contributed by atoms with E-state index >= 15 is 0 Å². The molecule has 1 atom stereocenters. The molecule has 0 unspecified atom stereocenters. The highest BCUT2D eigenvalue weighted by molar-refractivity contribution is 6.35. The van der Waals surface area contributed by atoms with Crippen molar-refractivity contribution in [1.82, 2.24) is 9.80 Å². The number of piperazine rings is 1. The minimum atomic E-state index is -0.809. The smallest absolute Gasteiger partial charge is 0.312 e. The van der Waals surface area contributed by atoms with E-state index in [0.29, 0.717) is 23.6 Å². The zero-order valence-electron chi connectivity index (χ0n) is 18.3. The maximum Gasteiger partial charge on any atom is 0.312 e. The average Bonchev–Trinajstić information content (AvgIpc) is 2.79. The Balaban J connectivity index is 1.69. The van der Waals surface area contributed by atoms with E-state index in [2.05, 4.69) is 5.32 Å². The van der Waals surface area contributed by atoms with Crippen LogP contribution in [0.15, 0.2) is 42.5 Å². The quantitative estimate of drug-likeness (QED) is 0.633. The Hall–Kier alpha value is -3.62. The fourth-order valence-electron chi connectivity index (χ4n) is 3.60. The van der Waals surface area contributed by atoms with E-state index in [0.717, 1.165) is 5.56 Å². The van der Waals surface area contributed by atoms with Crippen molar-refractivity contribution in [2.45, 2.75) is 25.9 Å². The van der Waals surface area contributed by atoms with E-state index in [1.807, 2.05) is 0 Å². The Labute approximate surface area is 185 Å². The third-order valence-corrected chi connectivity index (χ3v) is 5.31. The first-order chi connectivity index (χ1) is 15.4. The van der Waals surface area contributed by atoms with Crippen LogP contribution >= 0.6 is 0 Å². The van der Waals surface area contributed by atoms with Gasteiger partial charge >= 0.3 is 11.8 Å². The molecule has 170 valence electrons. The van der Waals surface area contributed by atoms with Gasteiger partial charge in [0.1, 0.15) is 23.4 Å². The monoisotopic (exact) mass is 443 g/mol. The van der Waals surface area contributed by atoms with Crippen LogP contribution in [0.2, 0.25) is 0 Å². The van der Waals surface area contributed by atoms with Crippen LogP contribution in [0.5, 0.6) is 11.5 Å². The summed E-state index contributed by atoms with van der Waals surface area (Å²) in [5, 5.41) is 2.78. The van der Waals surface area contributed by atoms with Crippen LogP contribution in [-0.2, 0) is 20.9 Å². The van der Waals surface area contributed by atoms with Crippen LogP contribution in [0.3, 0.4) is 0 Å². The fourth-order valence-corrected chi connectivity index (χ4v) is 3.60. The number of carbonyl (C=O) groups excluding carboxylic acids is 3. The molecule has 3 rings (SSSR count). The van der Waals surface area contributed by atoms with Gasteiger partial charge in [0.25, 0.3) is 0 Å². The molecular weight excluding hydrogens is 417 g/mol. The number of hydrogen-bond acceptors (Lipinski definition) is 5. The number of nitrogens with one attached hydrogen (secondary N) is 1. The van der Waals surface area contributed by atoms with E-state index in [-0.39, 0.29) is 25.5 Å². The van der Waals surface area contributed by atoms with Gasteiger partial charge in [-0.15, -0.1) is 0 Å². The van der Waals surface area contributed by atoms with Crippen molar-refractivity contribution >= 4 is 23.4 Å². The zero-order chi connectivity index (χ0) is 23.3. The Morgan fingerprint density at radius 2 is 1.66 bits per heavy atom. The Bertz CT molecular complexity index is 973. The molecule has 9 heteroatoms. The minimum Gasteiger partial charge on any atom is -0.497 e. The summed E-state index contributed by atoms with van der Waals surface area (Å²) in [4.78, 5) is 41.1. The molecule has 0 radical (unpaired) electrons. The summed E-state index contributed by atoms with van der Waals surface area (Å²) in [6, 6.07) is 9.91. The number of ether oxygens (including phenoxy) is 2. The number of benzene rings is 2. The molecule has 1 aliphatic heterocycles. The number of methoxy groups -OCH3 is 2. The fraction of sp³-hybridized carbons (Fsp3) is 0.348. The maximum absolute atomic E-state index is 13.1. The molecule has 32 heavy (non-hydrogen) atoms. The van der Waals surface area contributed by atoms with Gasteiger partial charge in [-0.1, -0.05) is 19.1 Å². The summed E-state index contributed by atoms with van der Waals surface area (Å²) in [5.74, 6) is -1.18. The summed E-state index contributed by atoms with van der Waals surface area (Å²) in [5.41, 5.74) is 1.18. The molecule has 1 saturated heterocycles. The Morgan fingerprint density at radius 1 is 1.03 bits per heavy atom. The van der Waals surface area contributed by atoms with Gasteiger partial charge in [-0.05, 0) is 24.1 Å². The number of nitrogens with zero attached hydrogens (tertiary/aromatic N) is 2. The van der Waals surface area contributed by atoms with E-state index in [1.165, 1.54) is 36.2 Å². The number of halogens is 1. The summed E-state index contributed by atoms with van der Waals surface area (Å²) >= 11 is 0. The molecule has 1 N–H and O–H groups in total. The molecule has 1 heterocycles. The van der Waals surface area contributed by atoms with Crippen LogP contribution in [0.1, 0.15) is 18.9 Å². The lowest BCUT2D eigenvalue weighted by molar-refractivity contribution is -0.159. The van der Waals surface area contributed by atoms with E-state index in [1.54, 1.807) is 37.3 Å². The standard InChI is InChI=1S/C23H26FN3O5/c1-4-20(21(28)25-17-11-18(31-2)13-19(12-17)32-3)27-10-9-26(22(29)23(27)30)14-15-5-7-16(24)8-6-15/h5-8,11-13,20H,4,9-10,14H2,1-3H3,(H,25,28)/t20-/m0/s1. The minimum absolute atomic E-state index is 0.200. The molecule has 1 aliphatic rings. The van der Waals surface area contributed by atoms with Gasteiger partial charge in [-0.2, -0.15) is 0 Å². The number of carbonyl (C=O) groups is 3. The zero-order valence-corrected chi connectivity index (χ0v) is 18.3. The van der Waals surface area contributed by atoms with Crippen molar-refractivity contribution in [3.8, 4) is 11.5 Å². The summed E-state index contributed by atoms with van der Waals surface area (Å²) in [6.45, 7) is 2.47. The number of hydrogen-bond donors (Lipinski definition) is 1. The van der Waals surface area contributed by atoms with Crippen LogP contribution in [0.4, 0.5) is 10.1 Å². The molecule has 3 amide bonds. The highest BCUT2D eigenvalue weighted by Crippen LogP contribution is 2.26. The molecule has 0 aliphatic carbocycles. The number of anilines is 1. The van der Waals surface area contributed by atoms with Crippen LogP contribution in [0.25, 0.3) is 0 Å². The SMILES string of the molecule is CC[C@@H](C(=O)Nc1cc(OC)cc(OC)c1)N1CCN(Cc2ccc(F)cc2)C(=O)C1=O. The molecule has 0 aromatic heterocycles. The van der Waals surface area contributed by atoms with Crippen molar-refractivity contribution in [2.24, 2.45) is 0 Å². The molecule has 1 fully saturated rings. The van der Waals surface area contributed by atoms with Gasteiger partial charge in [0.2, 0.25) is 5.91 Å². The number of rotatable bonds is 8. The van der Waals surface area contributed by atoms with Gasteiger partial charge in [0.15, 0.2) is 0 Å². The van der Waals surface area contributed by atoms with Gasteiger partial charge in [-0.25, -0.2) is 4.39 Å². The second-order valence-corrected chi connectivity index (χ2v) is 7.37. The first-order valence-electron chi connectivity index (χ1n) is 10.2. The van der Waals surface area contributed by atoms with Gasteiger partial charge in [0, 0.05) is 43.5 Å². The molecule has 2 aromatic carbocycles. The highest BCUT2D eigenvalue weighted by Gasteiger charge is 2.38. The lowest BCUT2D eigenvalue weighted by Crippen LogP contribution is -2.59. The molecule has 8 nitrogen and oxygen atoms in total. The molecule has 0 bridgehead atoms. The summed E-state index contributed by atoms with van der Waals surface area (Å²) < 4.78 is 23.5. The first-order valence-corrected chi connectivity index (χ1v) is 10.2. The predicted molar refractivity (Wildman–Crippen MR) is 116 cm³/mol. The normalized spacial score (nSPS) is 14.9. The number of amides is 3. The molecule has 0 spiro atoms. The van der Waals surface area contributed by atoms with Crippen molar-refractivity contribution in [2.75, 3.05) is 32.6 Å². The third kappa shape index (κ3) is 5.16. The average molecular weight is 443 g/mol. The molecule has 2 aromatic rings. The summed E-state index contributed by atoms with van der Waals surface area (Å²) in [7, 11) is 3.01. The van der Waals surface area contributed by atoms with Crippen molar-refractivity contribution in [1.29, 1.82) is 0 Å². The van der Waals surface area contributed by atoms with Gasteiger partial charge in [0.05, 0.1) is 14.2 Å². The van der Waals surface area contributed by atoms with Crippen LogP contribution in [-0.4, -0.2) is 60.9 Å². The summed E-state index contributed by atoms with van der Waals surface area (Å²) in [6.07, 6.45) is 0.337. The first kappa shape index (κ1) is 23.1. The van der Waals surface area contributed by atoms with Crippen molar-refractivity contribution in [3.63, 3.8) is 0 Å². The lowest BCUT2D eigenvalue weighted by atomic mass is 10.1. The predicted octanol–water partition coefficient (Wildman–Crippen LogP) is 2.43. The highest BCUT2D eigenvalue weighted by atomic mass is 19.1. The van der Waals surface area contributed by atoms with Crippen LogP contribution in [0, 0.1) is 5.82 Å². The molecular formula is C23H26FN3O5. The second kappa shape index (κ2) is 10.1.